The first-order valence-corrected chi connectivity index (χ1v) is 10.7. The van der Waals surface area contributed by atoms with Gasteiger partial charge >= 0.3 is 0 Å². The Balaban J connectivity index is 1.48. The highest BCUT2D eigenvalue weighted by molar-refractivity contribution is 7.91. The Morgan fingerprint density at radius 2 is 1.92 bits per heavy atom. The monoisotopic (exact) mass is 406 g/mol. The molecule has 0 saturated carbocycles. The smallest absolute Gasteiger partial charge is 0.260 e. The van der Waals surface area contributed by atoms with Gasteiger partial charge in [0.2, 0.25) is 0 Å². The van der Waals surface area contributed by atoms with E-state index in [0.29, 0.717) is 48.4 Å². The van der Waals surface area contributed by atoms with Crippen molar-refractivity contribution in [1.29, 1.82) is 0 Å². The van der Waals surface area contributed by atoms with Crippen LogP contribution in [0.4, 0.5) is 0 Å². The molecule has 0 radical (unpaired) electrons. The van der Waals surface area contributed by atoms with E-state index in [1.54, 1.807) is 23.1 Å². The van der Waals surface area contributed by atoms with Crippen molar-refractivity contribution in [3.63, 3.8) is 0 Å². The molecule has 138 valence electrons. The molecule has 2 fully saturated rings. The highest BCUT2D eigenvalue weighted by Crippen LogP contribution is 2.27. The van der Waals surface area contributed by atoms with Gasteiger partial charge in [-0.2, -0.15) is 0 Å². The van der Waals surface area contributed by atoms with Crippen molar-refractivity contribution in [2.75, 3.05) is 44.3 Å². The minimum atomic E-state index is -2.89. The summed E-state index contributed by atoms with van der Waals surface area (Å²) in [7, 11) is -2.89. The first kappa shape index (κ1) is 18.8. The molecule has 1 unspecified atom stereocenters. The third kappa shape index (κ3) is 4.78. The zero-order chi connectivity index (χ0) is 18.0. The molecule has 1 aromatic carbocycles. The summed E-state index contributed by atoms with van der Waals surface area (Å²) in [5.41, 5.74) is 0. The predicted molar refractivity (Wildman–Crippen MR) is 97.2 cm³/mol. The number of ether oxygens (including phenoxy) is 1. The van der Waals surface area contributed by atoms with Crippen molar-refractivity contribution < 1.29 is 17.9 Å². The number of rotatable bonds is 4. The summed E-state index contributed by atoms with van der Waals surface area (Å²) in [6.45, 7) is 2.41. The van der Waals surface area contributed by atoms with Crippen LogP contribution in [0.1, 0.15) is 6.42 Å². The van der Waals surface area contributed by atoms with Gasteiger partial charge in [-0.25, -0.2) is 8.42 Å². The number of halogens is 2. The van der Waals surface area contributed by atoms with Gasteiger partial charge in [0.25, 0.3) is 5.91 Å². The Kier molecular flexibility index (Phi) is 5.78. The summed E-state index contributed by atoms with van der Waals surface area (Å²) in [6.07, 6.45) is 0.687. The third-order valence-electron chi connectivity index (χ3n) is 4.64. The number of nitrogens with zero attached hydrogens (tertiary/aromatic N) is 2. The Labute approximate surface area is 157 Å². The molecule has 1 amide bonds. The number of amides is 1. The molecule has 6 nitrogen and oxygen atoms in total. The van der Waals surface area contributed by atoms with Crippen molar-refractivity contribution >= 4 is 38.9 Å². The molecule has 0 aliphatic carbocycles. The largest absolute Gasteiger partial charge is 0.482 e. The molecule has 9 heteroatoms. The third-order valence-corrected chi connectivity index (χ3v) is 6.93. The first-order valence-electron chi connectivity index (χ1n) is 8.14. The van der Waals surface area contributed by atoms with Gasteiger partial charge < -0.3 is 9.64 Å². The molecule has 0 N–H and O–H groups in total. The summed E-state index contributed by atoms with van der Waals surface area (Å²) in [5.74, 6) is 0.773. The fraction of sp³-hybridized carbons (Fsp3) is 0.562. The number of benzene rings is 1. The fourth-order valence-corrected chi connectivity index (χ4v) is 5.31. The van der Waals surface area contributed by atoms with E-state index < -0.39 is 9.84 Å². The second-order valence-electron chi connectivity index (χ2n) is 6.34. The Bertz CT molecular complexity index is 749. The molecule has 0 bridgehead atoms. The van der Waals surface area contributed by atoms with Crippen LogP contribution in [-0.4, -0.2) is 74.5 Å². The maximum atomic E-state index is 12.3. The number of carbonyl (C=O) groups is 1. The number of hydrogen-bond donors (Lipinski definition) is 0. The molecule has 0 spiro atoms. The van der Waals surface area contributed by atoms with E-state index in [2.05, 4.69) is 4.90 Å². The average molecular weight is 407 g/mol. The molecule has 1 aromatic rings. The topological polar surface area (TPSA) is 66.9 Å². The summed E-state index contributed by atoms with van der Waals surface area (Å²) in [5, 5.41) is 0.899. The van der Waals surface area contributed by atoms with Gasteiger partial charge in [-0.05, 0) is 18.6 Å². The summed E-state index contributed by atoms with van der Waals surface area (Å²) in [6, 6.07) is 4.94. The van der Waals surface area contributed by atoms with Crippen molar-refractivity contribution in [3.05, 3.63) is 28.2 Å². The van der Waals surface area contributed by atoms with E-state index in [1.165, 1.54) is 0 Å². The lowest BCUT2D eigenvalue weighted by molar-refractivity contribution is -0.135. The highest BCUT2D eigenvalue weighted by atomic mass is 35.5. The predicted octanol–water partition coefficient (Wildman–Crippen LogP) is 1.70. The molecule has 0 aromatic heterocycles. The van der Waals surface area contributed by atoms with Crippen LogP contribution in [0.25, 0.3) is 0 Å². The molecule has 2 aliphatic heterocycles. The van der Waals surface area contributed by atoms with E-state index in [0.717, 1.165) is 0 Å². The lowest BCUT2D eigenvalue weighted by Crippen LogP contribution is -2.53. The molecule has 2 aliphatic rings. The van der Waals surface area contributed by atoms with Crippen LogP contribution in [0, 0.1) is 0 Å². The molecular weight excluding hydrogens is 387 g/mol. The zero-order valence-corrected chi connectivity index (χ0v) is 16.0. The SMILES string of the molecule is O=C(COc1cc(Cl)ccc1Cl)N1CCN(C2CCS(=O)(=O)C2)CC1. The van der Waals surface area contributed by atoms with Crippen molar-refractivity contribution in [3.8, 4) is 5.75 Å². The normalized spacial score (nSPS) is 23.6. The van der Waals surface area contributed by atoms with Crippen LogP contribution >= 0.6 is 23.2 Å². The quantitative estimate of drug-likeness (QED) is 0.760. The van der Waals surface area contributed by atoms with E-state index in [1.807, 2.05) is 0 Å². The lowest BCUT2D eigenvalue weighted by atomic mass is 10.2. The summed E-state index contributed by atoms with van der Waals surface area (Å²) < 4.78 is 28.7. The molecule has 2 heterocycles. The van der Waals surface area contributed by atoms with Gasteiger partial charge in [0.05, 0.1) is 16.5 Å². The van der Waals surface area contributed by atoms with Gasteiger partial charge in [0.15, 0.2) is 16.4 Å². The van der Waals surface area contributed by atoms with Crippen LogP contribution in [0.5, 0.6) is 5.75 Å². The van der Waals surface area contributed by atoms with Crippen LogP contribution in [0.15, 0.2) is 18.2 Å². The van der Waals surface area contributed by atoms with Crippen molar-refractivity contribution in [1.82, 2.24) is 9.80 Å². The maximum absolute atomic E-state index is 12.3. The number of piperazine rings is 1. The van der Waals surface area contributed by atoms with Crippen LogP contribution in [0.2, 0.25) is 10.0 Å². The highest BCUT2D eigenvalue weighted by Gasteiger charge is 2.34. The van der Waals surface area contributed by atoms with E-state index in [-0.39, 0.29) is 30.1 Å². The van der Waals surface area contributed by atoms with Crippen LogP contribution in [-0.2, 0) is 14.6 Å². The minimum absolute atomic E-state index is 0.0868. The number of sulfone groups is 1. The lowest BCUT2D eigenvalue weighted by Gasteiger charge is -2.37. The van der Waals surface area contributed by atoms with Gasteiger partial charge in [0, 0.05) is 43.3 Å². The maximum Gasteiger partial charge on any atom is 0.260 e. The second-order valence-corrected chi connectivity index (χ2v) is 9.41. The van der Waals surface area contributed by atoms with Gasteiger partial charge in [-0.1, -0.05) is 23.2 Å². The summed E-state index contributed by atoms with van der Waals surface area (Å²) >= 11 is 11.9. The summed E-state index contributed by atoms with van der Waals surface area (Å²) in [4.78, 5) is 16.2. The second kappa shape index (κ2) is 7.70. The molecule has 25 heavy (non-hydrogen) atoms. The van der Waals surface area contributed by atoms with Gasteiger partial charge in [0.1, 0.15) is 5.75 Å². The number of hydrogen-bond acceptors (Lipinski definition) is 5. The molecular formula is C16H20Cl2N2O4S. The van der Waals surface area contributed by atoms with E-state index >= 15 is 0 Å². The Hall–Kier alpha value is -1.02. The number of carbonyl (C=O) groups excluding carboxylic acids is 1. The average Bonchev–Trinajstić information content (AvgIpc) is 2.95. The molecule has 3 rings (SSSR count). The molecule has 1 atom stereocenters. The fourth-order valence-electron chi connectivity index (χ4n) is 3.22. The van der Waals surface area contributed by atoms with E-state index in [9.17, 15) is 13.2 Å². The Morgan fingerprint density at radius 1 is 1.20 bits per heavy atom. The van der Waals surface area contributed by atoms with Crippen molar-refractivity contribution in [2.24, 2.45) is 0 Å². The standard InChI is InChI=1S/C16H20Cl2N2O4S/c17-12-1-2-14(18)15(9-12)24-10-16(21)20-6-4-19(5-7-20)13-3-8-25(22,23)11-13/h1-2,9,13H,3-8,10-11H2. The van der Waals surface area contributed by atoms with Gasteiger partial charge in [-0.15, -0.1) is 0 Å². The first-order chi connectivity index (χ1) is 11.8. The Morgan fingerprint density at radius 3 is 2.56 bits per heavy atom. The minimum Gasteiger partial charge on any atom is -0.482 e. The van der Waals surface area contributed by atoms with Crippen LogP contribution < -0.4 is 4.74 Å². The van der Waals surface area contributed by atoms with Crippen molar-refractivity contribution in [2.45, 2.75) is 12.5 Å². The van der Waals surface area contributed by atoms with Gasteiger partial charge in [-0.3, -0.25) is 9.69 Å². The van der Waals surface area contributed by atoms with Crippen LogP contribution in [0.3, 0.4) is 0 Å². The van der Waals surface area contributed by atoms with E-state index in [4.69, 9.17) is 27.9 Å². The zero-order valence-electron chi connectivity index (χ0n) is 13.7. The molecule has 2 saturated heterocycles.